The fraction of sp³-hybridized carbons (Fsp3) is 0.0455. The van der Waals surface area contributed by atoms with Gasteiger partial charge in [0.1, 0.15) is 0 Å². The van der Waals surface area contributed by atoms with Crippen LogP contribution in [0.2, 0.25) is 0 Å². The summed E-state index contributed by atoms with van der Waals surface area (Å²) in [6.45, 7) is 1.87. The number of sulfonamides is 1. The van der Waals surface area contributed by atoms with E-state index in [9.17, 15) is 23.3 Å². The molecule has 0 aliphatic heterocycles. The van der Waals surface area contributed by atoms with E-state index in [1.54, 1.807) is 30.3 Å². The molecule has 0 saturated carbocycles. The molecule has 0 heterocycles. The SMILES string of the molecule is Cc1ccc(S(=O)(=O)Nc2ccc(C(=O)/C=C/c3ccc([N+](=O)[O-])cc3)cc2)cc1. The van der Waals surface area contributed by atoms with E-state index in [-0.39, 0.29) is 16.4 Å². The fourth-order valence-electron chi connectivity index (χ4n) is 2.61. The van der Waals surface area contributed by atoms with Crippen LogP contribution in [0.1, 0.15) is 21.5 Å². The maximum Gasteiger partial charge on any atom is 0.269 e. The number of nitro groups is 1. The molecule has 0 amide bonds. The van der Waals surface area contributed by atoms with E-state index in [0.29, 0.717) is 16.8 Å². The molecule has 0 atom stereocenters. The van der Waals surface area contributed by atoms with Crippen LogP contribution in [-0.2, 0) is 10.0 Å². The molecule has 1 N–H and O–H groups in total. The van der Waals surface area contributed by atoms with Gasteiger partial charge in [0.15, 0.2) is 5.78 Å². The topological polar surface area (TPSA) is 106 Å². The van der Waals surface area contributed by atoms with Gasteiger partial charge < -0.3 is 0 Å². The van der Waals surface area contributed by atoms with Gasteiger partial charge >= 0.3 is 0 Å². The zero-order valence-corrected chi connectivity index (χ0v) is 16.8. The van der Waals surface area contributed by atoms with Crippen LogP contribution in [0.5, 0.6) is 0 Å². The summed E-state index contributed by atoms with van der Waals surface area (Å²) in [5, 5.41) is 10.7. The Balaban J connectivity index is 1.68. The summed E-state index contributed by atoms with van der Waals surface area (Å²) < 4.78 is 27.3. The average molecular weight is 422 g/mol. The number of benzene rings is 3. The number of anilines is 1. The molecule has 0 bridgehead atoms. The van der Waals surface area contributed by atoms with Gasteiger partial charge in [-0.25, -0.2) is 8.42 Å². The number of non-ortho nitro benzene ring substituents is 1. The maximum atomic E-state index is 12.4. The van der Waals surface area contributed by atoms with Crippen molar-refractivity contribution in [2.75, 3.05) is 4.72 Å². The van der Waals surface area contributed by atoms with Crippen molar-refractivity contribution >= 4 is 33.3 Å². The first-order chi connectivity index (χ1) is 14.2. The van der Waals surface area contributed by atoms with Crippen LogP contribution < -0.4 is 4.72 Å². The van der Waals surface area contributed by atoms with E-state index in [1.807, 2.05) is 6.92 Å². The van der Waals surface area contributed by atoms with Crippen molar-refractivity contribution in [1.82, 2.24) is 0 Å². The predicted octanol–water partition coefficient (Wildman–Crippen LogP) is 4.60. The fourth-order valence-corrected chi connectivity index (χ4v) is 3.67. The molecule has 7 nitrogen and oxygen atoms in total. The second-order valence-corrected chi connectivity index (χ2v) is 8.22. The Hall–Kier alpha value is -3.78. The van der Waals surface area contributed by atoms with Gasteiger partial charge in [0.25, 0.3) is 15.7 Å². The molecule has 8 heteroatoms. The molecule has 0 radical (unpaired) electrons. The van der Waals surface area contributed by atoms with E-state index < -0.39 is 14.9 Å². The zero-order chi connectivity index (χ0) is 21.7. The van der Waals surface area contributed by atoms with E-state index in [2.05, 4.69) is 4.72 Å². The molecule has 0 aliphatic carbocycles. The monoisotopic (exact) mass is 422 g/mol. The van der Waals surface area contributed by atoms with Gasteiger partial charge in [0.05, 0.1) is 9.82 Å². The second kappa shape index (κ2) is 8.71. The van der Waals surface area contributed by atoms with Crippen molar-refractivity contribution in [3.05, 3.63) is 106 Å². The van der Waals surface area contributed by atoms with Crippen LogP contribution in [0.4, 0.5) is 11.4 Å². The lowest BCUT2D eigenvalue weighted by Gasteiger charge is -2.08. The molecular weight excluding hydrogens is 404 g/mol. The number of allylic oxidation sites excluding steroid dienone is 1. The lowest BCUT2D eigenvalue weighted by molar-refractivity contribution is -0.384. The highest BCUT2D eigenvalue weighted by Gasteiger charge is 2.14. The highest BCUT2D eigenvalue weighted by atomic mass is 32.2. The summed E-state index contributed by atoms with van der Waals surface area (Å²) in [6, 6.07) is 18.4. The van der Waals surface area contributed by atoms with Crippen molar-refractivity contribution in [2.45, 2.75) is 11.8 Å². The lowest BCUT2D eigenvalue weighted by Crippen LogP contribution is -2.13. The summed E-state index contributed by atoms with van der Waals surface area (Å²) in [6.07, 6.45) is 2.91. The third kappa shape index (κ3) is 5.18. The van der Waals surface area contributed by atoms with Crippen LogP contribution in [0.25, 0.3) is 6.08 Å². The number of hydrogen-bond acceptors (Lipinski definition) is 5. The van der Waals surface area contributed by atoms with E-state index in [1.165, 1.54) is 54.6 Å². The van der Waals surface area contributed by atoms with Gasteiger partial charge in [0, 0.05) is 23.4 Å². The summed E-state index contributed by atoms with van der Waals surface area (Å²) in [7, 11) is -3.72. The number of aryl methyl sites for hydroxylation is 1. The number of nitrogens with one attached hydrogen (secondary N) is 1. The molecule has 0 spiro atoms. The van der Waals surface area contributed by atoms with Crippen molar-refractivity contribution < 1.29 is 18.1 Å². The minimum absolute atomic E-state index is 0.0258. The molecule has 0 aromatic heterocycles. The quantitative estimate of drug-likeness (QED) is 0.259. The molecule has 0 unspecified atom stereocenters. The number of carbonyl (C=O) groups excluding carboxylic acids is 1. The number of ketones is 1. The summed E-state index contributed by atoms with van der Waals surface area (Å²) >= 11 is 0. The molecule has 0 fully saturated rings. The standard InChI is InChI=1S/C22H18N2O5S/c1-16-2-13-21(14-3-16)30(28,29)23-19-9-7-18(8-10-19)22(25)15-6-17-4-11-20(12-5-17)24(26)27/h2-15,23H,1H3/b15-6+. The van der Waals surface area contributed by atoms with Gasteiger partial charge in [-0.3, -0.25) is 19.6 Å². The van der Waals surface area contributed by atoms with Crippen LogP contribution in [-0.4, -0.2) is 19.1 Å². The molecule has 3 aromatic rings. The Morgan fingerprint density at radius 3 is 2.10 bits per heavy atom. The van der Waals surface area contributed by atoms with Crippen molar-refractivity contribution in [2.24, 2.45) is 0 Å². The van der Waals surface area contributed by atoms with Crippen molar-refractivity contribution in [3.8, 4) is 0 Å². The van der Waals surface area contributed by atoms with Crippen LogP contribution in [0.3, 0.4) is 0 Å². The third-order valence-corrected chi connectivity index (χ3v) is 5.68. The highest BCUT2D eigenvalue weighted by molar-refractivity contribution is 7.92. The summed E-state index contributed by atoms with van der Waals surface area (Å²) in [4.78, 5) is 22.6. The third-order valence-electron chi connectivity index (χ3n) is 4.28. The smallest absolute Gasteiger partial charge is 0.269 e. The summed E-state index contributed by atoms with van der Waals surface area (Å²) in [5.41, 5.74) is 2.30. The van der Waals surface area contributed by atoms with E-state index >= 15 is 0 Å². The van der Waals surface area contributed by atoms with Crippen LogP contribution in [0.15, 0.2) is 83.8 Å². The Morgan fingerprint density at radius 2 is 1.53 bits per heavy atom. The number of nitrogens with zero attached hydrogens (tertiary/aromatic N) is 1. The first-order valence-corrected chi connectivity index (χ1v) is 10.4. The van der Waals surface area contributed by atoms with Gasteiger partial charge in [-0.2, -0.15) is 0 Å². The minimum Gasteiger partial charge on any atom is -0.289 e. The molecule has 0 saturated heterocycles. The Kier molecular flexibility index (Phi) is 6.08. The normalized spacial score (nSPS) is 11.4. The largest absolute Gasteiger partial charge is 0.289 e. The van der Waals surface area contributed by atoms with Gasteiger partial charge in [-0.1, -0.05) is 23.8 Å². The van der Waals surface area contributed by atoms with Crippen LogP contribution in [0, 0.1) is 17.0 Å². The van der Waals surface area contributed by atoms with Crippen molar-refractivity contribution in [1.29, 1.82) is 0 Å². The number of rotatable bonds is 7. The second-order valence-electron chi connectivity index (χ2n) is 6.54. The molecule has 0 aliphatic rings. The molecule has 3 aromatic carbocycles. The molecule has 3 rings (SSSR count). The van der Waals surface area contributed by atoms with Gasteiger partial charge in [-0.05, 0) is 67.1 Å². The van der Waals surface area contributed by atoms with E-state index in [0.717, 1.165) is 5.56 Å². The number of carbonyl (C=O) groups is 1. The average Bonchev–Trinajstić information content (AvgIpc) is 2.73. The van der Waals surface area contributed by atoms with Gasteiger partial charge in [-0.15, -0.1) is 0 Å². The van der Waals surface area contributed by atoms with Crippen LogP contribution >= 0.6 is 0 Å². The zero-order valence-electron chi connectivity index (χ0n) is 16.0. The Morgan fingerprint density at radius 1 is 0.933 bits per heavy atom. The molecule has 30 heavy (non-hydrogen) atoms. The number of nitro benzene ring substituents is 1. The molecule has 152 valence electrons. The Labute approximate surface area is 173 Å². The predicted molar refractivity (Wildman–Crippen MR) is 115 cm³/mol. The van der Waals surface area contributed by atoms with Crippen molar-refractivity contribution in [3.63, 3.8) is 0 Å². The number of hydrogen-bond donors (Lipinski definition) is 1. The van der Waals surface area contributed by atoms with Gasteiger partial charge in [0.2, 0.25) is 0 Å². The molecular formula is C22H18N2O5S. The minimum atomic E-state index is -3.72. The first kappa shape index (κ1) is 20.9. The Bertz CT molecular complexity index is 1200. The van der Waals surface area contributed by atoms with E-state index in [4.69, 9.17) is 0 Å². The summed E-state index contributed by atoms with van der Waals surface area (Å²) in [5.74, 6) is -0.277. The highest BCUT2D eigenvalue weighted by Crippen LogP contribution is 2.18. The maximum absolute atomic E-state index is 12.4. The first-order valence-electron chi connectivity index (χ1n) is 8.91. The lowest BCUT2D eigenvalue weighted by atomic mass is 10.1.